The number of nitrogens with one attached hydrogen (secondary N) is 3. The lowest BCUT2D eigenvalue weighted by Gasteiger charge is -2.22. The number of sulfonamides is 1. The fraction of sp³-hybridized carbons (Fsp3) is 0.346. The number of carbonyl (C=O) groups is 2. The van der Waals surface area contributed by atoms with Crippen LogP contribution in [0, 0.1) is 5.92 Å². The molecule has 0 spiro atoms. The largest absolute Gasteiger partial charge is 0.337 e. The molecule has 1 heterocycles. The molecule has 0 aliphatic heterocycles. The van der Waals surface area contributed by atoms with Crippen LogP contribution in [0.4, 0.5) is 15.4 Å². The van der Waals surface area contributed by atoms with Crippen molar-refractivity contribution in [2.45, 2.75) is 38.5 Å². The number of anilines is 1. The summed E-state index contributed by atoms with van der Waals surface area (Å²) in [4.78, 5) is 31.0. The number of hydrogen-bond donors (Lipinski definition) is 3. The summed E-state index contributed by atoms with van der Waals surface area (Å²) in [5.74, 6) is 0.795. The number of benzene rings is 2. The van der Waals surface area contributed by atoms with Gasteiger partial charge in [0.2, 0.25) is 0 Å². The highest BCUT2D eigenvalue weighted by atomic mass is 32.2. The molecule has 0 saturated carbocycles. The Balaban J connectivity index is 1.56. The summed E-state index contributed by atoms with van der Waals surface area (Å²) >= 11 is 0. The van der Waals surface area contributed by atoms with E-state index in [0.717, 1.165) is 22.9 Å². The molecule has 0 atom stereocenters. The predicted octanol–water partition coefficient (Wildman–Crippen LogP) is 4.05. The number of pyridine rings is 1. The van der Waals surface area contributed by atoms with Crippen LogP contribution in [0.1, 0.15) is 32.8 Å². The molecule has 3 aromatic rings. The minimum absolute atomic E-state index is 0.00789. The number of urea groups is 2. The molecule has 9 nitrogen and oxygen atoms in total. The van der Waals surface area contributed by atoms with Crippen molar-refractivity contribution in [2.75, 3.05) is 24.5 Å². The third-order valence-electron chi connectivity index (χ3n) is 5.37. The number of nitrogens with zero attached hydrogens (tertiary/aromatic N) is 2. The van der Waals surface area contributed by atoms with Crippen molar-refractivity contribution in [1.82, 2.24) is 20.3 Å². The molecule has 36 heavy (non-hydrogen) atoms. The molecule has 0 unspecified atom stereocenters. The van der Waals surface area contributed by atoms with Crippen LogP contribution in [0.2, 0.25) is 0 Å². The highest BCUT2D eigenvalue weighted by molar-refractivity contribution is 7.90. The summed E-state index contributed by atoms with van der Waals surface area (Å²) in [7, 11) is -3.97. The fourth-order valence-electron chi connectivity index (χ4n) is 3.51. The third kappa shape index (κ3) is 7.42. The van der Waals surface area contributed by atoms with E-state index in [1.807, 2.05) is 61.9 Å². The molecule has 0 aliphatic rings. The topological polar surface area (TPSA) is 121 Å². The Kier molecular flexibility index (Phi) is 9.24. The third-order valence-corrected chi connectivity index (χ3v) is 6.72. The van der Waals surface area contributed by atoms with E-state index in [2.05, 4.69) is 15.6 Å². The molecule has 0 fully saturated rings. The first kappa shape index (κ1) is 26.9. The van der Waals surface area contributed by atoms with Crippen molar-refractivity contribution < 1.29 is 18.0 Å². The van der Waals surface area contributed by atoms with E-state index in [9.17, 15) is 18.0 Å². The molecule has 0 radical (unpaired) electrons. The smallest absolute Gasteiger partial charge is 0.328 e. The Bertz CT molecular complexity index is 1290. The Morgan fingerprint density at radius 3 is 2.39 bits per heavy atom. The van der Waals surface area contributed by atoms with Crippen LogP contribution >= 0.6 is 0 Å². The quantitative estimate of drug-likeness (QED) is 0.379. The van der Waals surface area contributed by atoms with Gasteiger partial charge < -0.3 is 10.6 Å². The first-order chi connectivity index (χ1) is 17.2. The Hall–Kier alpha value is -3.66. The molecular formula is C26H33N5O4S. The average molecular weight is 512 g/mol. The highest BCUT2D eigenvalue weighted by Gasteiger charge is 2.18. The first-order valence-electron chi connectivity index (χ1n) is 12.0. The minimum Gasteiger partial charge on any atom is -0.337 e. The zero-order chi connectivity index (χ0) is 26.1. The minimum atomic E-state index is -3.97. The van der Waals surface area contributed by atoms with Gasteiger partial charge >= 0.3 is 12.1 Å². The number of carbonyl (C=O) groups excluding carboxylic acids is 2. The van der Waals surface area contributed by atoms with E-state index in [-0.39, 0.29) is 16.8 Å². The van der Waals surface area contributed by atoms with Crippen LogP contribution in [-0.4, -0.2) is 45.1 Å². The normalized spacial score (nSPS) is 11.3. The summed E-state index contributed by atoms with van der Waals surface area (Å²) in [5, 5.41) is 6.45. The van der Waals surface area contributed by atoms with Crippen LogP contribution in [0.5, 0.6) is 0 Å². The number of para-hydroxylation sites is 1. The van der Waals surface area contributed by atoms with Gasteiger partial charge in [0.05, 0.1) is 10.4 Å². The average Bonchev–Trinajstić information content (AvgIpc) is 2.85. The van der Waals surface area contributed by atoms with Crippen molar-refractivity contribution in [2.24, 2.45) is 5.92 Å². The van der Waals surface area contributed by atoms with Crippen LogP contribution < -0.4 is 20.3 Å². The SMILES string of the molecule is CCCN(C(=O)NCCc1ccc(S(=O)(=O)NC(=O)NCC(C)C)cc1)c1ccc2ccccc2n1. The summed E-state index contributed by atoms with van der Waals surface area (Å²) in [6.45, 7) is 7.10. The Morgan fingerprint density at radius 2 is 1.69 bits per heavy atom. The maximum atomic E-state index is 12.9. The predicted molar refractivity (Wildman–Crippen MR) is 141 cm³/mol. The second kappa shape index (κ2) is 12.3. The maximum absolute atomic E-state index is 12.9. The molecule has 0 bridgehead atoms. The molecule has 3 rings (SSSR count). The van der Waals surface area contributed by atoms with Gasteiger partial charge in [-0.1, -0.05) is 51.1 Å². The standard InChI is InChI=1S/C26H33N5O4S/c1-4-17-31(24-14-11-21-7-5-6-8-23(21)29-24)26(33)27-16-15-20-9-12-22(13-10-20)36(34,35)30-25(32)28-18-19(2)3/h5-14,19H,4,15-18H2,1-3H3,(H,27,33)(H2,28,30,32). The van der Waals surface area contributed by atoms with Crippen LogP contribution in [-0.2, 0) is 16.4 Å². The number of fused-ring (bicyclic) bond motifs is 1. The van der Waals surface area contributed by atoms with Gasteiger partial charge in [0.15, 0.2) is 0 Å². The second-order valence-corrected chi connectivity index (χ2v) is 10.5. The van der Waals surface area contributed by atoms with E-state index >= 15 is 0 Å². The van der Waals surface area contributed by atoms with Crippen molar-refractivity contribution >= 4 is 38.8 Å². The van der Waals surface area contributed by atoms with Gasteiger partial charge in [0.25, 0.3) is 10.0 Å². The molecule has 3 N–H and O–H groups in total. The molecule has 1 aromatic heterocycles. The van der Waals surface area contributed by atoms with E-state index in [1.165, 1.54) is 12.1 Å². The lowest BCUT2D eigenvalue weighted by molar-refractivity contribution is 0.244. The zero-order valence-corrected chi connectivity index (χ0v) is 21.6. The lowest BCUT2D eigenvalue weighted by Crippen LogP contribution is -2.41. The van der Waals surface area contributed by atoms with Gasteiger partial charge in [-0.2, -0.15) is 0 Å². The van der Waals surface area contributed by atoms with Crippen molar-refractivity contribution in [1.29, 1.82) is 0 Å². The summed E-state index contributed by atoms with van der Waals surface area (Å²) < 4.78 is 26.8. The van der Waals surface area contributed by atoms with Gasteiger partial charge in [0, 0.05) is 25.0 Å². The van der Waals surface area contributed by atoms with E-state index < -0.39 is 16.1 Å². The maximum Gasteiger partial charge on any atom is 0.328 e. The van der Waals surface area contributed by atoms with E-state index in [0.29, 0.717) is 31.9 Å². The molecule has 0 saturated heterocycles. The fourth-order valence-corrected chi connectivity index (χ4v) is 4.44. The second-order valence-electron chi connectivity index (χ2n) is 8.85. The first-order valence-corrected chi connectivity index (χ1v) is 13.5. The molecule has 10 heteroatoms. The van der Waals surface area contributed by atoms with Crippen molar-refractivity contribution in [3.05, 3.63) is 66.2 Å². The molecule has 2 aromatic carbocycles. The molecule has 192 valence electrons. The van der Waals surface area contributed by atoms with E-state index in [4.69, 9.17) is 0 Å². The summed E-state index contributed by atoms with van der Waals surface area (Å²) in [6, 6.07) is 16.8. The van der Waals surface area contributed by atoms with Gasteiger partial charge in [-0.05, 0) is 54.7 Å². The monoisotopic (exact) mass is 511 g/mol. The van der Waals surface area contributed by atoms with Crippen LogP contribution in [0.15, 0.2) is 65.6 Å². The number of rotatable bonds is 10. The Labute approximate surface area is 212 Å². The number of hydrogen-bond acceptors (Lipinski definition) is 5. The van der Waals surface area contributed by atoms with Crippen molar-refractivity contribution in [3.8, 4) is 0 Å². The van der Waals surface area contributed by atoms with Gasteiger partial charge in [-0.25, -0.2) is 27.7 Å². The summed E-state index contributed by atoms with van der Waals surface area (Å²) in [5.41, 5.74) is 1.68. The molecule has 0 aliphatic carbocycles. The molecular weight excluding hydrogens is 478 g/mol. The van der Waals surface area contributed by atoms with E-state index in [1.54, 1.807) is 17.0 Å². The van der Waals surface area contributed by atoms with Gasteiger partial charge in [-0.15, -0.1) is 0 Å². The summed E-state index contributed by atoms with van der Waals surface area (Å²) in [6.07, 6.45) is 1.29. The van der Waals surface area contributed by atoms with Gasteiger partial charge in [0.1, 0.15) is 5.82 Å². The van der Waals surface area contributed by atoms with Crippen LogP contribution in [0.3, 0.4) is 0 Å². The zero-order valence-electron chi connectivity index (χ0n) is 20.8. The van der Waals surface area contributed by atoms with Gasteiger partial charge in [-0.3, -0.25) is 4.90 Å². The lowest BCUT2D eigenvalue weighted by atomic mass is 10.1. The van der Waals surface area contributed by atoms with Crippen LogP contribution in [0.25, 0.3) is 10.9 Å². The number of amides is 4. The number of aromatic nitrogens is 1. The Morgan fingerprint density at radius 1 is 0.972 bits per heavy atom. The molecule has 4 amide bonds. The van der Waals surface area contributed by atoms with Crippen molar-refractivity contribution in [3.63, 3.8) is 0 Å². The highest BCUT2D eigenvalue weighted by Crippen LogP contribution is 2.18.